The summed E-state index contributed by atoms with van der Waals surface area (Å²) < 4.78 is 14.5. The van der Waals surface area contributed by atoms with E-state index < -0.39 is 5.82 Å². The van der Waals surface area contributed by atoms with Crippen LogP contribution < -0.4 is 10.2 Å². The summed E-state index contributed by atoms with van der Waals surface area (Å²) in [6, 6.07) is 10.9. The van der Waals surface area contributed by atoms with E-state index in [1.165, 1.54) is 17.3 Å². The summed E-state index contributed by atoms with van der Waals surface area (Å²) in [5.41, 5.74) is 2.80. The summed E-state index contributed by atoms with van der Waals surface area (Å²) in [5.74, 6) is 0.0924. The molecule has 1 fully saturated rings. The first-order valence-electron chi connectivity index (χ1n) is 8.20. The molecule has 1 amide bonds. The van der Waals surface area contributed by atoms with Gasteiger partial charge in [-0.2, -0.15) is 0 Å². The highest BCUT2D eigenvalue weighted by Gasteiger charge is 2.25. The van der Waals surface area contributed by atoms with Crippen LogP contribution in [0.5, 0.6) is 0 Å². The average molecular weight is 336 g/mol. The molecule has 0 aliphatic carbocycles. The fraction of sp³-hybridized carbons (Fsp3) is 0.211. The number of aryl methyl sites for hydroxylation is 1. The molecule has 0 saturated carbocycles. The van der Waals surface area contributed by atoms with Crippen molar-refractivity contribution in [3.63, 3.8) is 0 Å². The van der Waals surface area contributed by atoms with E-state index in [0.29, 0.717) is 29.7 Å². The third kappa shape index (κ3) is 2.91. The minimum atomic E-state index is -0.442. The fourth-order valence-corrected chi connectivity index (χ4v) is 3.14. The third-order valence-corrected chi connectivity index (χ3v) is 4.35. The standard InChI is InChI=1S/C19H17FN4O/c1-12-4-2-5-13(8-12)23-19-14-9-17(24-7-3-6-18(24)25)15(20)10-16(14)21-11-22-19/h2,4-5,8-11H,3,6-7H2,1H3,(H,21,22,23). The average Bonchev–Trinajstić information content (AvgIpc) is 3.00. The molecule has 1 aliphatic rings. The van der Waals surface area contributed by atoms with Crippen LogP contribution in [-0.4, -0.2) is 22.4 Å². The lowest BCUT2D eigenvalue weighted by Gasteiger charge is -2.18. The number of carbonyl (C=O) groups excluding carboxylic acids is 1. The summed E-state index contributed by atoms with van der Waals surface area (Å²) >= 11 is 0. The van der Waals surface area contributed by atoms with E-state index in [0.717, 1.165) is 17.7 Å². The molecule has 6 heteroatoms. The molecule has 0 atom stereocenters. The number of nitrogens with one attached hydrogen (secondary N) is 1. The van der Waals surface area contributed by atoms with Gasteiger partial charge in [-0.1, -0.05) is 12.1 Å². The molecule has 0 spiro atoms. The highest BCUT2D eigenvalue weighted by molar-refractivity contribution is 6.00. The normalized spacial score (nSPS) is 14.3. The van der Waals surface area contributed by atoms with Crippen molar-refractivity contribution in [1.29, 1.82) is 0 Å². The Morgan fingerprint density at radius 3 is 2.84 bits per heavy atom. The molecule has 2 heterocycles. The number of hydrogen-bond acceptors (Lipinski definition) is 4. The Morgan fingerprint density at radius 2 is 2.08 bits per heavy atom. The molecule has 4 rings (SSSR count). The van der Waals surface area contributed by atoms with Crippen LogP contribution >= 0.6 is 0 Å². The maximum atomic E-state index is 14.5. The SMILES string of the molecule is Cc1cccc(Nc2ncnc3cc(F)c(N4CCCC4=O)cc23)c1. The largest absolute Gasteiger partial charge is 0.340 e. The highest BCUT2D eigenvalue weighted by Crippen LogP contribution is 2.32. The van der Waals surface area contributed by atoms with Gasteiger partial charge >= 0.3 is 0 Å². The Balaban J connectivity index is 1.80. The second-order valence-corrected chi connectivity index (χ2v) is 6.19. The molecular weight excluding hydrogens is 319 g/mol. The van der Waals surface area contributed by atoms with Crippen molar-refractivity contribution < 1.29 is 9.18 Å². The van der Waals surface area contributed by atoms with Gasteiger partial charge < -0.3 is 10.2 Å². The van der Waals surface area contributed by atoms with Crippen LogP contribution in [0.2, 0.25) is 0 Å². The molecule has 25 heavy (non-hydrogen) atoms. The molecule has 1 aliphatic heterocycles. The van der Waals surface area contributed by atoms with E-state index in [1.54, 1.807) is 6.07 Å². The maximum Gasteiger partial charge on any atom is 0.227 e. The summed E-state index contributed by atoms with van der Waals surface area (Å²) in [7, 11) is 0. The summed E-state index contributed by atoms with van der Waals surface area (Å²) in [6.07, 6.45) is 2.60. The predicted octanol–water partition coefficient (Wildman–Crippen LogP) is 3.95. The molecule has 5 nitrogen and oxygen atoms in total. The minimum Gasteiger partial charge on any atom is -0.340 e. The van der Waals surface area contributed by atoms with Gasteiger partial charge in [-0.25, -0.2) is 14.4 Å². The van der Waals surface area contributed by atoms with Crippen LogP contribution in [0.25, 0.3) is 10.9 Å². The van der Waals surface area contributed by atoms with Gasteiger partial charge in [0.15, 0.2) is 0 Å². The van der Waals surface area contributed by atoms with Crippen molar-refractivity contribution in [3.05, 3.63) is 54.1 Å². The van der Waals surface area contributed by atoms with Gasteiger partial charge in [0.2, 0.25) is 5.91 Å². The number of nitrogens with zero attached hydrogens (tertiary/aromatic N) is 3. The van der Waals surface area contributed by atoms with Gasteiger partial charge in [-0.15, -0.1) is 0 Å². The Hall–Kier alpha value is -3.02. The molecular formula is C19H17FN4O. The van der Waals surface area contributed by atoms with Crippen molar-refractivity contribution in [3.8, 4) is 0 Å². The molecule has 3 aromatic rings. The van der Waals surface area contributed by atoms with E-state index in [4.69, 9.17) is 0 Å². The van der Waals surface area contributed by atoms with E-state index >= 15 is 0 Å². The maximum absolute atomic E-state index is 14.5. The lowest BCUT2D eigenvalue weighted by molar-refractivity contribution is -0.117. The topological polar surface area (TPSA) is 58.1 Å². The van der Waals surface area contributed by atoms with Crippen LogP contribution in [0, 0.1) is 12.7 Å². The van der Waals surface area contributed by atoms with Crippen LogP contribution in [0.4, 0.5) is 21.6 Å². The number of halogens is 1. The second-order valence-electron chi connectivity index (χ2n) is 6.19. The van der Waals surface area contributed by atoms with Crippen LogP contribution in [0.15, 0.2) is 42.7 Å². The van der Waals surface area contributed by atoms with Crippen molar-refractivity contribution >= 4 is 34.0 Å². The van der Waals surface area contributed by atoms with Gasteiger partial charge in [0.05, 0.1) is 11.2 Å². The quantitative estimate of drug-likeness (QED) is 0.787. The monoisotopic (exact) mass is 336 g/mol. The smallest absolute Gasteiger partial charge is 0.227 e. The minimum absolute atomic E-state index is 0.0525. The van der Waals surface area contributed by atoms with Crippen molar-refractivity contribution in [1.82, 2.24) is 9.97 Å². The van der Waals surface area contributed by atoms with Crippen molar-refractivity contribution in [2.75, 3.05) is 16.8 Å². The molecule has 1 saturated heterocycles. The predicted molar refractivity (Wildman–Crippen MR) is 95.5 cm³/mol. The number of carbonyl (C=O) groups is 1. The molecule has 126 valence electrons. The Bertz CT molecular complexity index is 973. The van der Waals surface area contributed by atoms with Crippen LogP contribution in [0.1, 0.15) is 18.4 Å². The first-order valence-corrected chi connectivity index (χ1v) is 8.20. The van der Waals surface area contributed by atoms with E-state index in [9.17, 15) is 9.18 Å². The fourth-order valence-electron chi connectivity index (χ4n) is 3.14. The summed E-state index contributed by atoms with van der Waals surface area (Å²) in [6.45, 7) is 2.55. The zero-order chi connectivity index (χ0) is 17.4. The first kappa shape index (κ1) is 15.5. The van der Waals surface area contributed by atoms with Gasteiger partial charge in [-0.05, 0) is 37.1 Å². The number of amides is 1. The number of hydrogen-bond donors (Lipinski definition) is 1. The van der Waals surface area contributed by atoms with E-state index in [1.807, 2.05) is 31.2 Å². The molecule has 1 N–H and O–H groups in total. The van der Waals surface area contributed by atoms with Crippen molar-refractivity contribution in [2.24, 2.45) is 0 Å². The zero-order valence-electron chi connectivity index (χ0n) is 13.8. The Kier molecular flexibility index (Phi) is 3.80. The molecule has 0 bridgehead atoms. The Labute approximate surface area is 144 Å². The van der Waals surface area contributed by atoms with Crippen LogP contribution in [-0.2, 0) is 4.79 Å². The van der Waals surface area contributed by atoms with Crippen molar-refractivity contribution in [2.45, 2.75) is 19.8 Å². The molecule has 0 unspecified atom stereocenters. The van der Waals surface area contributed by atoms with Gasteiger partial charge in [0, 0.05) is 30.1 Å². The number of rotatable bonds is 3. The lowest BCUT2D eigenvalue weighted by atomic mass is 10.1. The third-order valence-electron chi connectivity index (χ3n) is 4.35. The van der Waals surface area contributed by atoms with E-state index in [-0.39, 0.29) is 11.6 Å². The number of fused-ring (bicyclic) bond motifs is 1. The van der Waals surface area contributed by atoms with Crippen LogP contribution in [0.3, 0.4) is 0 Å². The lowest BCUT2D eigenvalue weighted by Crippen LogP contribution is -2.24. The number of anilines is 3. The number of benzene rings is 2. The van der Waals surface area contributed by atoms with E-state index in [2.05, 4.69) is 15.3 Å². The molecule has 1 aromatic heterocycles. The number of aromatic nitrogens is 2. The first-order chi connectivity index (χ1) is 12.1. The Morgan fingerprint density at radius 1 is 1.20 bits per heavy atom. The van der Waals surface area contributed by atoms with Gasteiger partial charge in [0.25, 0.3) is 0 Å². The summed E-state index contributed by atoms with van der Waals surface area (Å²) in [5, 5.41) is 3.94. The molecule has 2 aromatic carbocycles. The zero-order valence-corrected chi connectivity index (χ0v) is 13.8. The van der Waals surface area contributed by atoms with Gasteiger partial charge in [-0.3, -0.25) is 4.79 Å². The second kappa shape index (κ2) is 6.12. The molecule has 0 radical (unpaired) electrons. The van der Waals surface area contributed by atoms with Gasteiger partial charge in [0.1, 0.15) is 18.0 Å². The highest BCUT2D eigenvalue weighted by atomic mass is 19.1. The summed E-state index contributed by atoms with van der Waals surface area (Å²) in [4.78, 5) is 21.9.